The second-order valence-electron chi connectivity index (χ2n) is 8.61. The van der Waals surface area contributed by atoms with E-state index in [4.69, 9.17) is 0 Å². The summed E-state index contributed by atoms with van der Waals surface area (Å²) in [5.74, 6) is 0.0942. The number of hydrogen-bond acceptors (Lipinski definition) is 5. The minimum atomic E-state index is -0.292. The monoisotopic (exact) mass is 420 g/mol. The van der Waals surface area contributed by atoms with Gasteiger partial charge in [0.05, 0.1) is 23.4 Å². The van der Waals surface area contributed by atoms with Crippen LogP contribution in [0.3, 0.4) is 0 Å². The molecule has 0 aliphatic heterocycles. The number of rotatable bonds is 5. The zero-order valence-electron chi connectivity index (χ0n) is 17.9. The number of nitrogens with one attached hydrogen (secondary N) is 2. The lowest BCUT2D eigenvalue weighted by molar-refractivity contribution is 0.0891. The SMILES string of the molecule is C[C@H]1[C@H](C)CCC[C@@H]1NC(=O)c1ccc2c(c1NCCO)C(=O)c1ccccc1C2=O. The molecule has 0 unspecified atom stereocenters. The van der Waals surface area contributed by atoms with E-state index >= 15 is 0 Å². The van der Waals surface area contributed by atoms with Gasteiger partial charge in [-0.15, -0.1) is 0 Å². The Morgan fingerprint density at radius 2 is 1.71 bits per heavy atom. The summed E-state index contributed by atoms with van der Waals surface area (Å²) < 4.78 is 0. The third-order valence-corrected chi connectivity index (χ3v) is 6.77. The highest BCUT2D eigenvalue weighted by molar-refractivity contribution is 6.31. The van der Waals surface area contributed by atoms with E-state index in [1.165, 1.54) is 0 Å². The van der Waals surface area contributed by atoms with Crippen molar-refractivity contribution in [3.05, 3.63) is 64.2 Å². The van der Waals surface area contributed by atoms with Crippen molar-refractivity contribution in [2.24, 2.45) is 11.8 Å². The lowest BCUT2D eigenvalue weighted by Crippen LogP contribution is -2.44. The van der Waals surface area contributed by atoms with Crippen LogP contribution in [0.25, 0.3) is 0 Å². The molecule has 0 saturated heterocycles. The van der Waals surface area contributed by atoms with E-state index in [2.05, 4.69) is 24.5 Å². The fourth-order valence-electron chi connectivity index (χ4n) is 4.77. The summed E-state index contributed by atoms with van der Waals surface area (Å²) in [6.07, 6.45) is 3.15. The first-order valence-corrected chi connectivity index (χ1v) is 10.9. The number of carbonyl (C=O) groups excluding carboxylic acids is 3. The molecule has 0 heterocycles. The number of carbonyl (C=O) groups is 3. The van der Waals surface area contributed by atoms with Crippen LogP contribution in [0.4, 0.5) is 5.69 Å². The average molecular weight is 421 g/mol. The van der Waals surface area contributed by atoms with Crippen LogP contribution >= 0.6 is 0 Å². The van der Waals surface area contributed by atoms with Crippen molar-refractivity contribution in [3.8, 4) is 0 Å². The Labute approximate surface area is 182 Å². The Morgan fingerprint density at radius 3 is 2.42 bits per heavy atom. The van der Waals surface area contributed by atoms with E-state index in [9.17, 15) is 19.5 Å². The lowest BCUT2D eigenvalue weighted by atomic mass is 9.78. The van der Waals surface area contributed by atoms with Gasteiger partial charge in [-0.1, -0.05) is 51.0 Å². The zero-order valence-corrected chi connectivity index (χ0v) is 17.9. The maximum atomic E-state index is 13.3. The molecule has 6 nitrogen and oxygen atoms in total. The molecule has 2 aromatic carbocycles. The van der Waals surface area contributed by atoms with Gasteiger partial charge in [-0.05, 0) is 30.4 Å². The Morgan fingerprint density at radius 1 is 1.00 bits per heavy atom. The van der Waals surface area contributed by atoms with Crippen molar-refractivity contribution >= 4 is 23.2 Å². The molecule has 3 N–H and O–H groups in total. The third-order valence-electron chi connectivity index (χ3n) is 6.77. The van der Waals surface area contributed by atoms with Gasteiger partial charge in [-0.25, -0.2) is 0 Å². The maximum Gasteiger partial charge on any atom is 0.253 e. The van der Waals surface area contributed by atoms with Crippen molar-refractivity contribution < 1.29 is 19.5 Å². The highest BCUT2D eigenvalue weighted by atomic mass is 16.3. The summed E-state index contributed by atoms with van der Waals surface area (Å²) in [5.41, 5.74) is 1.82. The number of hydrogen-bond donors (Lipinski definition) is 3. The van der Waals surface area contributed by atoms with Crippen LogP contribution in [0.15, 0.2) is 36.4 Å². The van der Waals surface area contributed by atoms with Gasteiger partial charge < -0.3 is 15.7 Å². The molecule has 2 aliphatic rings. The zero-order chi connectivity index (χ0) is 22.1. The minimum Gasteiger partial charge on any atom is -0.395 e. The van der Waals surface area contributed by atoms with Crippen LogP contribution < -0.4 is 10.6 Å². The summed E-state index contributed by atoms with van der Waals surface area (Å²) in [6.45, 7) is 4.36. The Hall–Kier alpha value is -2.99. The van der Waals surface area contributed by atoms with Gasteiger partial charge in [-0.2, -0.15) is 0 Å². The topological polar surface area (TPSA) is 95.5 Å². The van der Waals surface area contributed by atoms with Crippen LogP contribution in [-0.4, -0.2) is 41.8 Å². The predicted molar refractivity (Wildman–Crippen MR) is 119 cm³/mol. The molecule has 2 aromatic rings. The molecular weight excluding hydrogens is 392 g/mol. The van der Waals surface area contributed by atoms with Crippen LogP contribution in [0.2, 0.25) is 0 Å². The van der Waals surface area contributed by atoms with Gasteiger partial charge in [0, 0.05) is 29.3 Å². The average Bonchev–Trinajstić information content (AvgIpc) is 2.78. The summed E-state index contributed by atoms with van der Waals surface area (Å²) in [4.78, 5) is 39.6. The molecule has 1 saturated carbocycles. The van der Waals surface area contributed by atoms with Crippen LogP contribution in [0.5, 0.6) is 0 Å². The summed E-state index contributed by atoms with van der Waals surface area (Å²) in [7, 11) is 0. The first-order valence-electron chi connectivity index (χ1n) is 10.9. The molecule has 2 aliphatic carbocycles. The summed E-state index contributed by atoms with van der Waals surface area (Å²) in [5, 5.41) is 15.5. The first kappa shape index (κ1) is 21.2. The molecule has 1 fully saturated rings. The first-order chi connectivity index (χ1) is 14.9. The van der Waals surface area contributed by atoms with E-state index in [1.807, 2.05) is 0 Å². The molecular formula is C25H28N2O4. The second kappa shape index (κ2) is 8.63. The van der Waals surface area contributed by atoms with Crippen molar-refractivity contribution in [1.82, 2.24) is 5.32 Å². The quantitative estimate of drug-likeness (QED) is 0.588. The Balaban J connectivity index is 1.75. The third kappa shape index (κ3) is 3.76. The maximum absolute atomic E-state index is 13.3. The number of benzene rings is 2. The van der Waals surface area contributed by atoms with Gasteiger partial charge in [0.1, 0.15) is 0 Å². The summed E-state index contributed by atoms with van der Waals surface area (Å²) >= 11 is 0. The molecule has 162 valence electrons. The van der Waals surface area contributed by atoms with Crippen LogP contribution in [0, 0.1) is 11.8 Å². The number of fused-ring (bicyclic) bond motifs is 2. The van der Waals surface area contributed by atoms with Gasteiger partial charge in [0.25, 0.3) is 5.91 Å². The van der Waals surface area contributed by atoms with E-state index in [0.717, 1.165) is 19.3 Å². The number of anilines is 1. The molecule has 0 aromatic heterocycles. The number of aliphatic hydroxyl groups is 1. The number of aliphatic hydroxyl groups excluding tert-OH is 1. The van der Waals surface area contributed by atoms with Gasteiger partial charge >= 0.3 is 0 Å². The van der Waals surface area contributed by atoms with Crippen LogP contribution in [-0.2, 0) is 0 Å². The molecule has 0 radical (unpaired) electrons. The lowest BCUT2D eigenvalue weighted by Gasteiger charge is -2.34. The van der Waals surface area contributed by atoms with Crippen LogP contribution in [0.1, 0.15) is 75.3 Å². The predicted octanol–water partition coefficient (Wildman–Crippen LogP) is 3.42. The summed E-state index contributed by atoms with van der Waals surface area (Å²) in [6, 6.07) is 9.96. The molecule has 3 atom stereocenters. The largest absolute Gasteiger partial charge is 0.395 e. The molecule has 1 amide bonds. The molecule has 0 spiro atoms. The Kier molecular flexibility index (Phi) is 5.92. The van der Waals surface area contributed by atoms with Crippen molar-refractivity contribution in [2.75, 3.05) is 18.5 Å². The van der Waals surface area contributed by atoms with Crippen molar-refractivity contribution in [2.45, 2.75) is 39.2 Å². The van der Waals surface area contributed by atoms with E-state index < -0.39 is 0 Å². The van der Waals surface area contributed by atoms with Gasteiger partial charge in [0.15, 0.2) is 11.6 Å². The highest BCUT2D eigenvalue weighted by Crippen LogP contribution is 2.35. The fraction of sp³-hybridized carbons (Fsp3) is 0.400. The van der Waals surface area contributed by atoms with E-state index in [-0.39, 0.29) is 47.8 Å². The normalized spacial score (nSPS) is 22.5. The second-order valence-corrected chi connectivity index (χ2v) is 8.61. The molecule has 6 heteroatoms. The fourth-order valence-corrected chi connectivity index (χ4v) is 4.77. The molecule has 0 bridgehead atoms. The number of amides is 1. The van der Waals surface area contributed by atoms with Crippen molar-refractivity contribution in [1.29, 1.82) is 0 Å². The van der Waals surface area contributed by atoms with Gasteiger partial charge in [-0.3, -0.25) is 14.4 Å². The standard InChI is InChI=1S/C25H28N2O4/c1-14-6-5-9-20(15(14)2)27-25(31)19-11-10-18-21(22(19)26-12-13-28)24(30)17-8-4-3-7-16(17)23(18)29/h3-4,7-8,10-11,14-15,20,26,28H,5-6,9,12-13H2,1-2H3,(H,27,31)/t14-,15+,20+/m1/s1. The van der Waals surface area contributed by atoms with E-state index in [1.54, 1.807) is 36.4 Å². The molecule has 31 heavy (non-hydrogen) atoms. The number of ketones is 2. The highest BCUT2D eigenvalue weighted by Gasteiger charge is 2.34. The van der Waals surface area contributed by atoms with Crippen molar-refractivity contribution in [3.63, 3.8) is 0 Å². The smallest absolute Gasteiger partial charge is 0.253 e. The minimum absolute atomic E-state index is 0.0658. The van der Waals surface area contributed by atoms with Gasteiger partial charge in [0.2, 0.25) is 0 Å². The molecule has 4 rings (SSSR count). The Bertz CT molecular complexity index is 1050. The van der Waals surface area contributed by atoms with E-state index in [0.29, 0.717) is 34.2 Å².